The molecule has 0 saturated carbocycles. The molecule has 2 aromatic rings. The molecule has 2 unspecified atom stereocenters. The summed E-state index contributed by atoms with van der Waals surface area (Å²) in [7, 11) is -3.53. The molecule has 2 N–H and O–H groups in total. The van der Waals surface area contributed by atoms with Crippen LogP contribution in [-0.2, 0) is 10.0 Å². The van der Waals surface area contributed by atoms with Crippen molar-refractivity contribution in [1.29, 1.82) is 0 Å². The van der Waals surface area contributed by atoms with E-state index >= 15 is 0 Å². The van der Waals surface area contributed by atoms with Gasteiger partial charge in [0.15, 0.2) is 0 Å². The van der Waals surface area contributed by atoms with Crippen LogP contribution < -0.4 is 5.73 Å². The van der Waals surface area contributed by atoms with Gasteiger partial charge in [-0.25, -0.2) is 8.42 Å². The molecule has 1 aromatic heterocycles. The number of aryl methyl sites for hydroxylation is 1. The second kappa shape index (κ2) is 5.05. The van der Waals surface area contributed by atoms with Crippen LogP contribution in [0.25, 0.3) is 10.9 Å². The third-order valence-corrected chi connectivity index (χ3v) is 6.08. The van der Waals surface area contributed by atoms with Gasteiger partial charge in [0, 0.05) is 30.7 Å². The molecule has 2 atom stereocenters. The van der Waals surface area contributed by atoms with Crippen molar-refractivity contribution in [2.75, 3.05) is 13.1 Å². The Bertz CT molecular complexity index is 779. The van der Waals surface area contributed by atoms with Crippen LogP contribution in [0.5, 0.6) is 0 Å². The van der Waals surface area contributed by atoms with E-state index in [1.807, 2.05) is 26.0 Å². The van der Waals surface area contributed by atoms with Crippen molar-refractivity contribution < 1.29 is 8.42 Å². The molecule has 3 rings (SSSR count). The molecule has 6 heteroatoms. The topological polar surface area (TPSA) is 76.3 Å². The number of fused-ring (bicyclic) bond motifs is 1. The normalized spacial score (nSPS) is 23.8. The monoisotopic (exact) mass is 305 g/mol. The second-order valence-electron chi connectivity index (χ2n) is 5.74. The Kier molecular flexibility index (Phi) is 3.47. The summed E-state index contributed by atoms with van der Waals surface area (Å²) in [6.45, 7) is 4.76. The van der Waals surface area contributed by atoms with E-state index in [1.54, 1.807) is 18.3 Å². The smallest absolute Gasteiger partial charge is 0.243 e. The lowest BCUT2D eigenvalue weighted by Crippen LogP contribution is -2.32. The maximum atomic E-state index is 12.9. The Balaban J connectivity index is 2.14. The van der Waals surface area contributed by atoms with Crippen molar-refractivity contribution in [2.45, 2.75) is 24.8 Å². The summed E-state index contributed by atoms with van der Waals surface area (Å²) < 4.78 is 27.3. The van der Waals surface area contributed by atoms with E-state index in [4.69, 9.17) is 5.73 Å². The number of aromatic nitrogens is 1. The van der Waals surface area contributed by atoms with E-state index < -0.39 is 10.0 Å². The molecule has 1 fully saturated rings. The average Bonchev–Trinajstić information content (AvgIpc) is 2.80. The molecular formula is C15H19N3O2S. The highest BCUT2D eigenvalue weighted by Gasteiger charge is 2.36. The fourth-order valence-electron chi connectivity index (χ4n) is 2.79. The Morgan fingerprint density at radius 3 is 2.71 bits per heavy atom. The minimum Gasteiger partial charge on any atom is -0.326 e. The minimum absolute atomic E-state index is 0.102. The lowest BCUT2D eigenvalue weighted by atomic mass is 10.1. The lowest BCUT2D eigenvalue weighted by molar-refractivity contribution is 0.465. The van der Waals surface area contributed by atoms with Gasteiger partial charge < -0.3 is 5.73 Å². The van der Waals surface area contributed by atoms with Crippen LogP contribution in [0.3, 0.4) is 0 Å². The van der Waals surface area contributed by atoms with Gasteiger partial charge in [0.05, 0.1) is 10.4 Å². The number of nitrogens with zero attached hydrogens (tertiary/aromatic N) is 2. The molecule has 0 amide bonds. The number of pyridine rings is 1. The van der Waals surface area contributed by atoms with Crippen LogP contribution in [0.15, 0.2) is 35.4 Å². The summed E-state index contributed by atoms with van der Waals surface area (Å²) in [4.78, 5) is 4.62. The fraction of sp³-hybridized carbons (Fsp3) is 0.400. The van der Waals surface area contributed by atoms with Crippen molar-refractivity contribution in [1.82, 2.24) is 9.29 Å². The SMILES string of the molecule is Cc1ccc(S(=O)(=O)N2CC(C)C(N)C2)c2cccnc12. The second-order valence-corrected chi connectivity index (χ2v) is 7.65. The lowest BCUT2D eigenvalue weighted by Gasteiger charge is -2.17. The van der Waals surface area contributed by atoms with Gasteiger partial charge >= 0.3 is 0 Å². The molecule has 0 radical (unpaired) electrons. The maximum absolute atomic E-state index is 12.9. The first-order chi connectivity index (χ1) is 9.91. The van der Waals surface area contributed by atoms with Gasteiger partial charge in [-0.2, -0.15) is 4.31 Å². The summed E-state index contributed by atoms with van der Waals surface area (Å²) in [5.74, 6) is 0.176. The average molecular weight is 305 g/mol. The van der Waals surface area contributed by atoms with Crippen LogP contribution in [0.4, 0.5) is 0 Å². The number of benzene rings is 1. The van der Waals surface area contributed by atoms with Crippen LogP contribution in [0.1, 0.15) is 12.5 Å². The zero-order valence-electron chi connectivity index (χ0n) is 12.2. The molecule has 21 heavy (non-hydrogen) atoms. The largest absolute Gasteiger partial charge is 0.326 e. The highest BCUT2D eigenvalue weighted by molar-refractivity contribution is 7.89. The van der Waals surface area contributed by atoms with E-state index in [0.29, 0.717) is 23.4 Å². The van der Waals surface area contributed by atoms with Crippen molar-refractivity contribution in [3.05, 3.63) is 36.0 Å². The summed E-state index contributed by atoms with van der Waals surface area (Å²) in [6.07, 6.45) is 1.68. The highest BCUT2D eigenvalue weighted by atomic mass is 32.2. The fourth-order valence-corrected chi connectivity index (χ4v) is 4.55. The van der Waals surface area contributed by atoms with E-state index in [9.17, 15) is 8.42 Å². The van der Waals surface area contributed by atoms with E-state index in [-0.39, 0.29) is 12.0 Å². The zero-order chi connectivity index (χ0) is 15.2. The van der Waals surface area contributed by atoms with Gasteiger partial charge in [0.25, 0.3) is 0 Å². The first kappa shape index (κ1) is 14.4. The van der Waals surface area contributed by atoms with Gasteiger partial charge in [0.2, 0.25) is 10.0 Å². The first-order valence-corrected chi connectivity index (χ1v) is 8.45. The van der Waals surface area contributed by atoms with Gasteiger partial charge in [-0.1, -0.05) is 13.0 Å². The van der Waals surface area contributed by atoms with Crippen LogP contribution in [-0.4, -0.2) is 36.8 Å². The van der Waals surface area contributed by atoms with Crippen molar-refractivity contribution in [3.8, 4) is 0 Å². The summed E-state index contributed by atoms with van der Waals surface area (Å²) >= 11 is 0. The first-order valence-electron chi connectivity index (χ1n) is 7.01. The number of nitrogens with two attached hydrogens (primary N) is 1. The molecular weight excluding hydrogens is 286 g/mol. The molecule has 0 aliphatic carbocycles. The van der Waals surface area contributed by atoms with E-state index in [0.717, 1.165) is 11.1 Å². The molecule has 1 aliphatic rings. The molecule has 0 bridgehead atoms. The van der Waals surface area contributed by atoms with Crippen molar-refractivity contribution in [3.63, 3.8) is 0 Å². The predicted molar refractivity (Wildman–Crippen MR) is 82.4 cm³/mol. The quantitative estimate of drug-likeness (QED) is 0.912. The molecule has 5 nitrogen and oxygen atoms in total. The van der Waals surface area contributed by atoms with Crippen LogP contribution in [0, 0.1) is 12.8 Å². The van der Waals surface area contributed by atoms with Gasteiger partial charge in [-0.3, -0.25) is 4.98 Å². The Hall–Kier alpha value is -1.50. The Labute approximate surface area is 124 Å². The minimum atomic E-state index is -3.53. The standard InChI is InChI=1S/C15H19N3O2S/c1-10-5-6-14(12-4-3-7-17-15(10)12)21(19,20)18-8-11(2)13(16)9-18/h3-7,11,13H,8-9,16H2,1-2H3. The number of hydrogen-bond acceptors (Lipinski definition) is 4. The molecule has 112 valence electrons. The molecule has 0 spiro atoms. The third-order valence-electron chi connectivity index (χ3n) is 4.19. The molecule has 1 aliphatic heterocycles. The third kappa shape index (κ3) is 2.33. The van der Waals surface area contributed by atoms with Crippen LogP contribution >= 0.6 is 0 Å². The molecule has 2 heterocycles. The summed E-state index contributed by atoms with van der Waals surface area (Å²) in [5.41, 5.74) is 7.66. The summed E-state index contributed by atoms with van der Waals surface area (Å²) in [5, 5.41) is 0.672. The predicted octanol–water partition coefficient (Wildman–Crippen LogP) is 1.51. The number of hydrogen-bond donors (Lipinski definition) is 1. The maximum Gasteiger partial charge on any atom is 0.243 e. The van der Waals surface area contributed by atoms with Gasteiger partial charge in [-0.15, -0.1) is 0 Å². The van der Waals surface area contributed by atoms with E-state index in [2.05, 4.69) is 4.98 Å². The van der Waals surface area contributed by atoms with Crippen LogP contribution in [0.2, 0.25) is 0 Å². The Morgan fingerprint density at radius 1 is 1.29 bits per heavy atom. The number of sulfonamides is 1. The number of rotatable bonds is 2. The van der Waals surface area contributed by atoms with E-state index in [1.165, 1.54) is 4.31 Å². The summed E-state index contributed by atoms with van der Waals surface area (Å²) in [6, 6.07) is 6.95. The van der Waals surface area contributed by atoms with Gasteiger partial charge in [0.1, 0.15) is 0 Å². The molecule has 1 saturated heterocycles. The Morgan fingerprint density at radius 2 is 2.05 bits per heavy atom. The van der Waals surface area contributed by atoms with Crippen molar-refractivity contribution in [2.24, 2.45) is 11.7 Å². The highest BCUT2D eigenvalue weighted by Crippen LogP contribution is 2.29. The molecule has 1 aromatic carbocycles. The zero-order valence-corrected chi connectivity index (χ0v) is 13.0. The van der Waals surface area contributed by atoms with Crippen molar-refractivity contribution >= 4 is 20.9 Å². The van der Waals surface area contributed by atoms with Gasteiger partial charge in [-0.05, 0) is 36.6 Å².